The number of hydrogen-bond acceptors (Lipinski definition) is 6. The molecule has 84 valence electrons. The van der Waals surface area contributed by atoms with Crippen LogP contribution in [-0.4, -0.2) is 27.1 Å². The lowest BCUT2D eigenvalue weighted by molar-refractivity contribution is 0.317. The molecule has 0 spiro atoms. The normalized spacial score (nSPS) is 10.9. The van der Waals surface area contributed by atoms with Crippen LogP contribution in [0.5, 0.6) is 0 Å². The van der Waals surface area contributed by atoms with E-state index in [1.807, 2.05) is 19.2 Å². The number of aromatic nitrogens is 3. The van der Waals surface area contributed by atoms with Crippen LogP contribution in [-0.2, 0) is 13.1 Å². The van der Waals surface area contributed by atoms with E-state index in [0.29, 0.717) is 5.13 Å². The first-order chi connectivity index (χ1) is 7.74. The lowest BCUT2D eigenvalue weighted by Crippen LogP contribution is -2.17. The van der Waals surface area contributed by atoms with E-state index in [-0.39, 0.29) is 0 Å². The van der Waals surface area contributed by atoms with Gasteiger partial charge in [-0.15, -0.1) is 10.2 Å². The molecule has 0 aromatic carbocycles. The molecule has 0 radical (unpaired) electrons. The van der Waals surface area contributed by atoms with Gasteiger partial charge in [0.25, 0.3) is 0 Å². The van der Waals surface area contributed by atoms with Crippen LogP contribution in [0.15, 0.2) is 24.5 Å². The number of nitrogens with two attached hydrogens (primary N) is 1. The van der Waals surface area contributed by atoms with Gasteiger partial charge >= 0.3 is 0 Å². The Kier molecular flexibility index (Phi) is 3.43. The van der Waals surface area contributed by atoms with E-state index in [0.717, 1.165) is 18.1 Å². The fraction of sp³-hybridized carbons (Fsp3) is 0.300. The second kappa shape index (κ2) is 5.00. The van der Waals surface area contributed by atoms with Crippen molar-refractivity contribution in [3.63, 3.8) is 0 Å². The Morgan fingerprint density at radius 3 is 2.62 bits per heavy atom. The summed E-state index contributed by atoms with van der Waals surface area (Å²) in [4.78, 5) is 6.15. The van der Waals surface area contributed by atoms with Gasteiger partial charge in [0.1, 0.15) is 5.01 Å². The quantitative estimate of drug-likeness (QED) is 0.861. The standard InChI is InChI=1S/C10H13N5S/c1-15(6-8-2-4-12-5-3-8)7-9-13-14-10(11)16-9/h2-5H,6-7H2,1H3,(H2,11,14). The molecule has 0 fully saturated rings. The molecule has 0 unspecified atom stereocenters. The summed E-state index contributed by atoms with van der Waals surface area (Å²) in [7, 11) is 2.04. The average Bonchev–Trinajstić information content (AvgIpc) is 2.65. The molecule has 16 heavy (non-hydrogen) atoms. The third kappa shape index (κ3) is 2.98. The number of nitrogen functional groups attached to an aromatic ring is 1. The smallest absolute Gasteiger partial charge is 0.203 e. The summed E-state index contributed by atoms with van der Waals surface area (Å²) in [6, 6.07) is 4.01. The molecule has 0 saturated carbocycles. The summed E-state index contributed by atoms with van der Waals surface area (Å²) in [6.45, 7) is 1.62. The Bertz CT molecular complexity index is 441. The third-order valence-electron chi connectivity index (χ3n) is 2.09. The van der Waals surface area contributed by atoms with Gasteiger partial charge in [-0.3, -0.25) is 9.88 Å². The maximum absolute atomic E-state index is 5.53. The van der Waals surface area contributed by atoms with Crippen molar-refractivity contribution in [1.82, 2.24) is 20.1 Å². The van der Waals surface area contributed by atoms with Gasteiger partial charge in [0.15, 0.2) is 0 Å². The lowest BCUT2D eigenvalue weighted by atomic mass is 10.2. The Labute approximate surface area is 98.0 Å². The van der Waals surface area contributed by atoms with E-state index in [1.54, 1.807) is 12.4 Å². The highest BCUT2D eigenvalue weighted by atomic mass is 32.1. The van der Waals surface area contributed by atoms with Crippen molar-refractivity contribution >= 4 is 16.5 Å². The first kappa shape index (κ1) is 11.0. The Morgan fingerprint density at radius 2 is 2.00 bits per heavy atom. The van der Waals surface area contributed by atoms with Crippen LogP contribution in [0.25, 0.3) is 0 Å². The average molecular weight is 235 g/mol. The summed E-state index contributed by atoms with van der Waals surface area (Å²) in [5, 5.41) is 9.23. The molecular weight excluding hydrogens is 222 g/mol. The highest BCUT2D eigenvalue weighted by Crippen LogP contribution is 2.13. The molecule has 2 aromatic heterocycles. The zero-order valence-corrected chi connectivity index (χ0v) is 9.81. The second-order valence-corrected chi connectivity index (χ2v) is 4.66. The molecule has 0 amide bonds. The van der Waals surface area contributed by atoms with E-state index < -0.39 is 0 Å². The van der Waals surface area contributed by atoms with Crippen LogP contribution in [0.1, 0.15) is 10.6 Å². The van der Waals surface area contributed by atoms with E-state index in [9.17, 15) is 0 Å². The molecule has 5 nitrogen and oxygen atoms in total. The van der Waals surface area contributed by atoms with Gasteiger partial charge in [-0.1, -0.05) is 11.3 Å². The van der Waals surface area contributed by atoms with Gasteiger partial charge in [0.05, 0.1) is 6.54 Å². The number of nitrogens with zero attached hydrogens (tertiary/aromatic N) is 4. The highest BCUT2D eigenvalue weighted by Gasteiger charge is 2.05. The fourth-order valence-corrected chi connectivity index (χ4v) is 2.11. The molecule has 2 heterocycles. The van der Waals surface area contributed by atoms with E-state index in [4.69, 9.17) is 5.73 Å². The maximum Gasteiger partial charge on any atom is 0.203 e. The summed E-state index contributed by atoms with van der Waals surface area (Å²) < 4.78 is 0. The molecule has 0 atom stereocenters. The van der Waals surface area contributed by atoms with Gasteiger partial charge in [0, 0.05) is 18.9 Å². The fourth-order valence-electron chi connectivity index (χ4n) is 1.42. The highest BCUT2D eigenvalue weighted by molar-refractivity contribution is 7.15. The SMILES string of the molecule is CN(Cc1ccncc1)Cc1nnc(N)s1. The van der Waals surface area contributed by atoms with Crippen molar-refractivity contribution in [2.24, 2.45) is 0 Å². The summed E-state index contributed by atoms with van der Waals surface area (Å²) in [5.41, 5.74) is 6.76. The van der Waals surface area contributed by atoms with Crippen LogP contribution in [0.3, 0.4) is 0 Å². The van der Waals surface area contributed by atoms with Crippen molar-refractivity contribution in [2.75, 3.05) is 12.8 Å². The molecule has 0 bridgehead atoms. The lowest BCUT2D eigenvalue weighted by Gasteiger charge is -2.14. The van der Waals surface area contributed by atoms with Crippen molar-refractivity contribution in [3.8, 4) is 0 Å². The van der Waals surface area contributed by atoms with Crippen LogP contribution in [0.4, 0.5) is 5.13 Å². The predicted molar refractivity (Wildman–Crippen MR) is 63.7 cm³/mol. The molecule has 6 heteroatoms. The van der Waals surface area contributed by atoms with E-state index in [1.165, 1.54) is 16.9 Å². The van der Waals surface area contributed by atoms with Gasteiger partial charge < -0.3 is 5.73 Å². The second-order valence-electron chi connectivity index (χ2n) is 3.56. The van der Waals surface area contributed by atoms with Crippen LogP contribution in [0, 0.1) is 0 Å². The molecule has 2 aromatic rings. The summed E-state index contributed by atoms with van der Waals surface area (Å²) in [6.07, 6.45) is 3.60. The minimum Gasteiger partial charge on any atom is -0.374 e. The molecular formula is C10H13N5S. The Balaban J connectivity index is 1.92. The number of anilines is 1. The minimum absolute atomic E-state index is 0.521. The molecule has 0 saturated heterocycles. The molecule has 2 rings (SSSR count). The van der Waals surface area contributed by atoms with Crippen LogP contribution in [0.2, 0.25) is 0 Å². The minimum atomic E-state index is 0.521. The zero-order valence-electron chi connectivity index (χ0n) is 9.00. The van der Waals surface area contributed by atoms with E-state index in [2.05, 4.69) is 20.1 Å². The topological polar surface area (TPSA) is 67.9 Å². The van der Waals surface area contributed by atoms with Gasteiger partial charge in [-0.2, -0.15) is 0 Å². The van der Waals surface area contributed by atoms with Crippen molar-refractivity contribution in [3.05, 3.63) is 35.1 Å². The van der Waals surface area contributed by atoms with Crippen molar-refractivity contribution < 1.29 is 0 Å². The van der Waals surface area contributed by atoms with Crippen molar-refractivity contribution in [2.45, 2.75) is 13.1 Å². The van der Waals surface area contributed by atoms with Crippen LogP contribution < -0.4 is 5.73 Å². The third-order valence-corrected chi connectivity index (χ3v) is 2.83. The Hall–Kier alpha value is -1.53. The summed E-state index contributed by atoms with van der Waals surface area (Å²) >= 11 is 1.43. The van der Waals surface area contributed by atoms with Crippen molar-refractivity contribution in [1.29, 1.82) is 0 Å². The first-order valence-corrected chi connectivity index (χ1v) is 5.71. The molecule has 0 aliphatic rings. The zero-order chi connectivity index (χ0) is 11.4. The number of rotatable bonds is 4. The van der Waals surface area contributed by atoms with Gasteiger partial charge in [-0.25, -0.2) is 0 Å². The van der Waals surface area contributed by atoms with Crippen LogP contribution >= 0.6 is 11.3 Å². The van der Waals surface area contributed by atoms with Gasteiger partial charge in [0.2, 0.25) is 5.13 Å². The predicted octanol–water partition coefficient (Wildman–Crippen LogP) is 1.15. The molecule has 0 aliphatic heterocycles. The van der Waals surface area contributed by atoms with Gasteiger partial charge in [-0.05, 0) is 24.7 Å². The number of pyridine rings is 1. The molecule has 0 aliphatic carbocycles. The summed E-state index contributed by atoms with van der Waals surface area (Å²) in [5.74, 6) is 0. The first-order valence-electron chi connectivity index (χ1n) is 4.89. The molecule has 2 N–H and O–H groups in total. The number of hydrogen-bond donors (Lipinski definition) is 1. The monoisotopic (exact) mass is 235 g/mol. The Morgan fingerprint density at radius 1 is 1.25 bits per heavy atom. The maximum atomic E-state index is 5.53. The largest absolute Gasteiger partial charge is 0.374 e. The van der Waals surface area contributed by atoms with E-state index >= 15 is 0 Å².